The number of hydrogen-bond donors (Lipinski definition) is 1. The van der Waals surface area contributed by atoms with Gasteiger partial charge in [-0.05, 0) is 24.7 Å². The zero-order valence-electron chi connectivity index (χ0n) is 9.33. The van der Waals surface area contributed by atoms with Gasteiger partial charge in [0.05, 0.1) is 0 Å². The Hall–Kier alpha value is -0.370. The zero-order valence-corrected chi connectivity index (χ0v) is 10.1. The van der Waals surface area contributed by atoms with Gasteiger partial charge in [-0.15, -0.1) is 0 Å². The van der Waals surface area contributed by atoms with Crippen LogP contribution < -0.4 is 0 Å². The van der Waals surface area contributed by atoms with Crippen LogP contribution in [0, 0.1) is 17.8 Å². The van der Waals surface area contributed by atoms with Gasteiger partial charge in [-0.2, -0.15) is 26.0 Å². The molecule has 1 N–H and O–H groups in total. The highest BCUT2D eigenvalue weighted by molar-refractivity contribution is 7.87. The minimum Gasteiger partial charge on any atom is -0.281 e. The van der Waals surface area contributed by atoms with Gasteiger partial charge in [0.15, 0.2) is 0 Å². The van der Waals surface area contributed by atoms with Crippen molar-refractivity contribution < 1.29 is 30.5 Å². The quantitative estimate of drug-likeness (QED) is 0.638. The predicted octanol–water partition coefficient (Wildman–Crippen LogP) is 2.78. The Morgan fingerprint density at radius 2 is 1.59 bits per heavy atom. The van der Waals surface area contributed by atoms with Crippen molar-refractivity contribution in [3.63, 3.8) is 0 Å². The van der Waals surface area contributed by atoms with Gasteiger partial charge < -0.3 is 0 Å². The molecule has 0 amide bonds. The van der Waals surface area contributed by atoms with Crippen molar-refractivity contribution >= 4 is 10.1 Å². The number of rotatable bonds is 3. The van der Waals surface area contributed by atoms with E-state index in [1.165, 1.54) is 6.92 Å². The van der Waals surface area contributed by atoms with Gasteiger partial charge in [0.2, 0.25) is 0 Å². The first-order valence-electron chi connectivity index (χ1n) is 5.14. The summed E-state index contributed by atoms with van der Waals surface area (Å²) >= 11 is 0. The molecule has 1 aliphatic carbocycles. The molecule has 0 saturated heterocycles. The Bertz CT molecular complexity index is 393. The van der Waals surface area contributed by atoms with Gasteiger partial charge >= 0.3 is 21.3 Å². The van der Waals surface area contributed by atoms with Gasteiger partial charge in [-0.1, -0.05) is 13.8 Å². The van der Waals surface area contributed by atoms with Crippen molar-refractivity contribution in [2.45, 2.75) is 37.9 Å². The van der Waals surface area contributed by atoms with Gasteiger partial charge in [-0.3, -0.25) is 4.55 Å². The molecule has 0 aliphatic heterocycles. The van der Waals surface area contributed by atoms with Crippen LogP contribution in [0.4, 0.5) is 17.6 Å². The third-order valence-corrected chi connectivity index (χ3v) is 4.22. The Morgan fingerprint density at radius 3 is 1.88 bits per heavy atom. The number of halogens is 4. The van der Waals surface area contributed by atoms with E-state index in [1.54, 1.807) is 6.92 Å². The highest BCUT2D eigenvalue weighted by Crippen LogP contribution is 2.52. The van der Waals surface area contributed by atoms with Crippen LogP contribution >= 0.6 is 0 Å². The lowest BCUT2D eigenvalue weighted by Gasteiger charge is -2.31. The molecule has 1 saturated carbocycles. The van der Waals surface area contributed by atoms with Gasteiger partial charge in [-0.25, -0.2) is 0 Å². The third kappa shape index (κ3) is 2.29. The van der Waals surface area contributed by atoms with Crippen LogP contribution in [0.2, 0.25) is 0 Å². The van der Waals surface area contributed by atoms with E-state index in [-0.39, 0.29) is 12.3 Å². The molecule has 0 spiro atoms. The summed E-state index contributed by atoms with van der Waals surface area (Å²) in [5, 5.41) is -5.44. The second-order valence-corrected chi connectivity index (χ2v) is 6.24. The van der Waals surface area contributed by atoms with Gasteiger partial charge in [0.1, 0.15) is 0 Å². The normalized spacial score (nSPS) is 31.8. The molecule has 3 unspecified atom stereocenters. The van der Waals surface area contributed by atoms with Crippen molar-refractivity contribution in [1.82, 2.24) is 0 Å². The van der Waals surface area contributed by atoms with E-state index >= 15 is 0 Å². The molecule has 0 radical (unpaired) electrons. The minimum atomic E-state index is -6.12. The van der Waals surface area contributed by atoms with E-state index in [0.29, 0.717) is 6.42 Å². The summed E-state index contributed by atoms with van der Waals surface area (Å²) in [5.74, 6) is -7.38. The van der Waals surface area contributed by atoms with E-state index in [0.717, 1.165) is 0 Å². The van der Waals surface area contributed by atoms with E-state index < -0.39 is 33.1 Å². The summed E-state index contributed by atoms with van der Waals surface area (Å²) in [4.78, 5) is 0. The highest BCUT2D eigenvalue weighted by atomic mass is 32.2. The van der Waals surface area contributed by atoms with Crippen LogP contribution in [0.15, 0.2) is 0 Å². The summed E-state index contributed by atoms with van der Waals surface area (Å²) in [6, 6.07) is 0. The fraction of sp³-hybridized carbons (Fsp3) is 1.00. The third-order valence-electron chi connectivity index (χ3n) is 3.30. The van der Waals surface area contributed by atoms with Crippen molar-refractivity contribution in [3.05, 3.63) is 0 Å². The molecule has 3 atom stereocenters. The van der Waals surface area contributed by atoms with Crippen LogP contribution in [0.5, 0.6) is 0 Å². The van der Waals surface area contributed by atoms with Crippen molar-refractivity contribution in [3.8, 4) is 0 Å². The predicted molar refractivity (Wildman–Crippen MR) is 52.5 cm³/mol. The second-order valence-electron chi connectivity index (χ2n) is 4.78. The number of hydrogen-bond acceptors (Lipinski definition) is 2. The maximum Gasteiger partial charge on any atom is 0.431 e. The molecule has 1 aliphatic rings. The van der Waals surface area contributed by atoms with Crippen molar-refractivity contribution in [2.75, 3.05) is 0 Å². The molecule has 3 nitrogen and oxygen atoms in total. The molecule has 0 aromatic carbocycles. The van der Waals surface area contributed by atoms with Crippen molar-refractivity contribution in [1.29, 1.82) is 0 Å². The van der Waals surface area contributed by atoms with Crippen molar-refractivity contribution in [2.24, 2.45) is 17.8 Å². The minimum absolute atomic E-state index is 0.168. The molecule has 0 heterocycles. The van der Waals surface area contributed by atoms with Crippen LogP contribution in [0.1, 0.15) is 26.7 Å². The molecule has 0 bridgehead atoms. The molecule has 0 aromatic rings. The number of alkyl halides is 4. The molecule has 8 heteroatoms. The smallest absolute Gasteiger partial charge is 0.281 e. The molecule has 1 rings (SSSR count). The van der Waals surface area contributed by atoms with Crippen LogP contribution in [0.25, 0.3) is 0 Å². The lowest BCUT2D eigenvalue weighted by atomic mass is 9.91. The van der Waals surface area contributed by atoms with Crippen LogP contribution in [0.3, 0.4) is 0 Å². The van der Waals surface area contributed by atoms with E-state index in [1.807, 2.05) is 0 Å². The van der Waals surface area contributed by atoms with E-state index in [2.05, 4.69) is 0 Å². The Morgan fingerprint density at radius 1 is 1.12 bits per heavy atom. The standard InChI is InChI=1S/C9H14F4O3S/c1-5-3-6(2)7(4-5)8(10,11)9(12,13)17(14,15)16/h5-7H,3-4H2,1-2H3,(H,14,15,16). The fourth-order valence-electron chi connectivity index (χ4n) is 2.45. The first kappa shape index (κ1) is 14.7. The summed E-state index contributed by atoms with van der Waals surface area (Å²) in [6.07, 6.45) is 0.154. The first-order valence-corrected chi connectivity index (χ1v) is 6.58. The first-order chi connectivity index (χ1) is 7.41. The Labute approximate surface area is 96.9 Å². The Balaban J connectivity index is 3.11. The average Bonchev–Trinajstić information content (AvgIpc) is 2.43. The van der Waals surface area contributed by atoms with E-state index in [4.69, 9.17) is 4.55 Å². The van der Waals surface area contributed by atoms with Gasteiger partial charge in [0, 0.05) is 5.92 Å². The van der Waals surface area contributed by atoms with Crippen LogP contribution in [-0.4, -0.2) is 24.1 Å². The summed E-state index contributed by atoms with van der Waals surface area (Å²) in [5.41, 5.74) is 0. The van der Waals surface area contributed by atoms with E-state index in [9.17, 15) is 26.0 Å². The molecule has 17 heavy (non-hydrogen) atoms. The maximum absolute atomic E-state index is 13.5. The topological polar surface area (TPSA) is 54.4 Å². The Kier molecular flexibility index (Phi) is 3.53. The summed E-state index contributed by atoms with van der Waals surface area (Å²) in [6.45, 7) is 3.01. The molecular formula is C9H14F4O3S. The molecule has 1 fully saturated rings. The lowest BCUT2D eigenvalue weighted by molar-refractivity contribution is -0.199. The monoisotopic (exact) mass is 278 g/mol. The highest BCUT2D eigenvalue weighted by Gasteiger charge is 2.70. The molecule has 0 aromatic heterocycles. The average molecular weight is 278 g/mol. The molecular weight excluding hydrogens is 264 g/mol. The summed E-state index contributed by atoms with van der Waals surface area (Å²) in [7, 11) is -6.12. The fourth-order valence-corrected chi connectivity index (χ4v) is 2.95. The zero-order chi connectivity index (χ0) is 13.6. The van der Waals surface area contributed by atoms with Gasteiger partial charge in [0.25, 0.3) is 0 Å². The second kappa shape index (κ2) is 4.08. The maximum atomic E-state index is 13.5. The summed E-state index contributed by atoms with van der Waals surface area (Å²) < 4.78 is 82.2. The largest absolute Gasteiger partial charge is 0.431 e. The van der Waals surface area contributed by atoms with Crippen LogP contribution in [-0.2, 0) is 10.1 Å². The molecule has 102 valence electrons. The lowest BCUT2D eigenvalue weighted by Crippen LogP contribution is -2.52. The SMILES string of the molecule is CC1CC(C)C(C(F)(F)C(F)(F)S(=O)(=O)O)C1.